The van der Waals surface area contributed by atoms with Crippen molar-refractivity contribution in [3.05, 3.63) is 12.2 Å². The Morgan fingerprint density at radius 2 is 2.10 bits per heavy atom. The lowest BCUT2D eigenvalue weighted by molar-refractivity contribution is 0.877. The van der Waals surface area contributed by atoms with E-state index in [-0.39, 0.29) is 0 Å². The molecule has 0 heterocycles. The van der Waals surface area contributed by atoms with E-state index in [1.807, 2.05) is 13.0 Å². The number of hydrogen-bond acceptors (Lipinski definition) is 1. The van der Waals surface area contributed by atoms with Gasteiger partial charge in [0.05, 0.1) is 0 Å². The second-order valence-corrected chi connectivity index (χ2v) is 2.55. The number of hydrogen-bond donors (Lipinski definition) is 0. The third-order valence-corrected chi connectivity index (χ3v) is 1.27. The minimum Gasteiger partial charge on any atom is -0.290 e. The van der Waals surface area contributed by atoms with Gasteiger partial charge in [-0.15, -0.1) is 0 Å². The van der Waals surface area contributed by atoms with Gasteiger partial charge in [0.1, 0.15) is 0 Å². The van der Waals surface area contributed by atoms with Crippen LogP contribution in [0.25, 0.3) is 0 Å². The van der Waals surface area contributed by atoms with Crippen LogP contribution in [0.2, 0.25) is 0 Å². The van der Waals surface area contributed by atoms with Gasteiger partial charge in [-0.25, -0.2) is 0 Å². The summed E-state index contributed by atoms with van der Waals surface area (Å²) in [5.74, 6) is 0.552. The Morgan fingerprint density at radius 3 is 2.40 bits per heavy atom. The maximum Gasteiger partial charge on any atom is 0.0370 e. The summed E-state index contributed by atoms with van der Waals surface area (Å²) in [5.41, 5.74) is 1.20. The van der Waals surface area contributed by atoms with Crippen molar-refractivity contribution >= 4 is 5.71 Å². The molecular weight excluding hydrogens is 122 g/mol. The Hall–Kier alpha value is -0.590. The molecule has 0 radical (unpaired) electrons. The van der Waals surface area contributed by atoms with E-state index in [0.717, 1.165) is 6.54 Å². The number of aliphatic imine (C=N–C) groups is 1. The van der Waals surface area contributed by atoms with Crippen LogP contribution in [0, 0.1) is 5.92 Å². The van der Waals surface area contributed by atoms with Crippen molar-refractivity contribution in [2.24, 2.45) is 10.9 Å². The Bertz CT molecular complexity index is 132. The predicted molar refractivity (Wildman–Crippen MR) is 47.6 cm³/mol. The van der Waals surface area contributed by atoms with Gasteiger partial charge in [0.15, 0.2) is 0 Å². The molecule has 0 aromatic heterocycles. The van der Waals surface area contributed by atoms with Crippen molar-refractivity contribution in [2.75, 3.05) is 6.54 Å². The predicted octanol–water partition coefficient (Wildman–Crippen LogP) is 2.68. The van der Waals surface area contributed by atoms with Gasteiger partial charge in [-0.1, -0.05) is 19.9 Å². The fourth-order valence-electron chi connectivity index (χ4n) is 0.781. The summed E-state index contributed by atoms with van der Waals surface area (Å²) in [5, 5.41) is 0. The largest absolute Gasteiger partial charge is 0.290 e. The van der Waals surface area contributed by atoms with Crippen LogP contribution in [0.15, 0.2) is 17.1 Å². The molecule has 0 saturated carbocycles. The fraction of sp³-hybridized carbons (Fsp3) is 0.667. The molecule has 1 nitrogen and oxygen atoms in total. The van der Waals surface area contributed by atoms with Gasteiger partial charge in [0.25, 0.3) is 0 Å². The molecule has 0 unspecified atom stereocenters. The Balaban J connectivity index is 4.11. The zero-order valence-corrected chi connectivity index (χ0v) is 7.39. The average molecular weight is 139 g/mol. The quantitative estimate of drug-likeness (QED) is 0.533. The molecule has 0 aromatic rings. The van der Waals surface area contributed by atoms with Crippen molar-refractivity contribution in [2.45, 2.75) is 27.7 Å². The van der Waals surface area contributed by atoms with Crippen LogP contribution < -0.4 is 0 Å². The molecule has 0 N–H and O–H groups in total. The van der Waals surface area contributed by atoms with E-state index in [1.165, 1.54) is 5.71 Å². The SMILES string of the molecule is C/C=C\C(=NCC)C(C)C. The van der Waals surface area contributed by atoms with Gasteiger partial charge >= 0.3 is 0 Å². The van der Waals surface area contributed by atoms with Crippen molar-refractivity contribution in [1.29, 1.82) is 0 Å². The minimum absolute atomic E-state index is 0.552. The van der Waals surface area contributed by atoms with E-state index in [1.54, 1.807) is 0 Å². The van der Waals surface area contributed by atoms with Crippen molar-refractivity contribution in [3.63, 3.8) is 0 Å². The lowest BCUT2D eigenvalue weighted by atomic mass is 10.1. The molecule has 0 fully saturated rings. The van der Waals surface area contributed by atoms with Gasteiger partial charge < -0.3 is 0 Å². The van der Waals surface area contributed by atoms with Crippen molar-refractivity contribution in [3.8, 4) is 0 Å². The van der Waals surface area contributed by atoms with Crippen LogP contribution >= 0.6 is 0 Å². The topological polar surface area (TPSA) is 12.4 Å². The van der Waals surface area contributed by atoms with Crippen LogP contribution in [-0.2, 0) is 0 Å². The molecule has 1 heteroatoms. The monoisotopic (exact) mass is 139 g/mol. The molecule has 0 aromatic carbocycles. The molecule has 0 aliphatic carbocycles. The van der Waals surface area contributed by atoms with Crippen LogP contribution in [0.5, 0.6) is 0 Å². The normalized spacial score (nSPS) is 13.5. The summed E-state index contributed by atoms with van der Waals surface area (Å²) in [6, 6.07) is 0. The van der Waals surface area contributed by atoms with Crippen molar-refractivity contribution < 1.29 is 0 Å². The van der Waals surface area contributed by atoms with Crippen LogP contribution in [0.3, 0.4) is 0 Å². The molecule has 0 aliphatic rings. The highest BCUT2D eigenvalue weighted by Crippen LogP contribution is 1.98. The maximum absolute atomic E-state index is 4.34. The summed E-state index contributed by atoms with van der Waals surface area (Å²) >= 11 is 0. The molecule has 0 bridgehead atoms. The molecule has 0 rings (SSSR count). The number of allylic oxidation sites excluding steroid dienone is 2. The third-order valence-electron chi connectivity index (χ3n) is 1.27. The Labute approximate surface area is 63.9 Å². The van der Waals surface area contributed by atoms with Crippen molar-refractivity contribution in [1.82, 2.24) is 0 Å². The van der Waals surface area contributed by atoms with E-state index in [2.05, 4.69) is 31.8 Å². The molecule has 0 atom stereocenters. The van der Waals surface area contributed by atoms with E-state index in [4.69, 9.17) is 0 Å². The zero-order valence-electron chi connectivity index (χ0n) is 7.39. The first-order chi connectivity index (χ1) is 4.72. The smallest absolute Gasteiger partial charge is 0.0370 e. The molecule has 0 saturated heterocycles. The second-order valence-electron chi connectivity index (χ2n) is 2.55. The van der Waals surface area contributed by atoms with Crippen LogP contribution in [0.1, 0.15) is 27.7 Å². The first-order valence-electron chi connectivity index (χ1n) is 3.89. The number of nitrogens with zero attached hydrogens (tertiary/aromatic N) is 1. The first kappa shape index (κ1) is 9.41. The minimum atomic E-state index is 0.552. The molecule has 58 valence electrons. The summed E-state index contributed by atoms with van der Waals surface area (Å²) < 4.78 is 0. The first-order valence-corrected chi connectivity index (χ1v) is 3.89. The maximum atomic E-state index is 4.34. The lowest BCUT2D eigenvalue weighted by Gasteiger charge is -2.03. The summed E-state index contributed by atoms with van der Waals surface area (Å²) in [6.07, 6.45) is 4.11. The van der Waals surface area contributed by atoms with E-state index in [0.29, 0.717) is 5.92 Å². The van der Waals surface area contributed by atoms with E-state index < -0.39 is 0 Å². The summed E-state index contributed by atoms with van der Waals surface area (Å²) in [6.45, 7) is 9.29. The Kier molecular flexibility index (Phi) is 4.91. The van der Waals surface area contributed by atoms with Gasteiger partial charge in [-0.3, -0.25) is 4.99 Å². The van der Waals surface area contributed by atoms with Crippen LogP contribution in [0.4, 0.5) is 0 Å². The highest BCUT2D eigenvalue weighted by molar-refractivity contribution is 5.96. The van der Waals surface area contributed by atoms with Crippen LogP contribution in [-0.4, -0.2) is 12.3 Å². The molecule has 10 heavy (non-hydrogen) atoms. The molecule has 0 aliphatic heterocycles. The average Bonchev–Trinajstić information content (AvgIpc) is 1.87. The van der Waals surface area contributed by atoms with Gasteiger partial charge in [-0.2, -0.15) is 0 Å². The highest BCUT2D eigenvalue weighted by atomic mass is 14.7. The molecule has 0 amide bonds. The van der Waals surface area contributed by atoms with Gasteiger partial charge in [0.2, 0.25) is 0 Å². The lowest BCUT2D eigenvalue weighted by Crippen LogP contribution is -2.03. The van der Waals surface area contributed by atoms with E-state index >= 15 is 0 Å². The molecular formula is C9H17N. The Morgan fingerprint density at radius 1 is 1.50 bits per heavy atom. The van der Waals surface area contributed by atoms with Gasteiger partial charge in [0, 0.05) is 12.3 Å². The third kappa shape index (κ3) is 3.44. The summed E-state index contributed by atoms with van der Waals surface area (Å²) in [4.78, 5) is 4.34. The van der Waals surface area contributed by atoms with E-state index in [9.17, 15) is 0 Å². The fourth-order valence-corrected chi connectivity index (χ4v) is 0.781. The van der Waals surface area contributed by atoms with Gasteiger partial charge in [-0.05, 0) is 25.8 Å². The highest BCUT2D eigenvalue weighted by Gasteiger charge is 1.97. The summed E-state index contributed by atoms with van der Waals surface area (Å²) in [7, 11) is 0. The standard InChI is InChI=1S/C9H17N/c1-5-7-9(8(3)4)10-6-2/h5,7-8H,6H2,1-4H3/b7-5-,10-9?. The zero-order chi connectivity index (χ0) is 7.98. The second kappa shape index (κ2) is 5.21. The molecule has 0 spiro atoms. The number of rotatable bonds is 3.